The molecule has 0 aliphatic carbocycles. The van der Waals surface area contributed by atoms with E-state index in [0.717, 1.165) is 48.6 Å². The molecule has 23 heavy (non-hydrogen) atoms. The van der Waals surface area contributed by atoms with Gasteiger partial charge in [-0.25, -0.2) is 4.98 Å². The fraction of sp³-hybridized carbons (Fsp3) is 0.353. The van der Waals surface area contributed by atoms with E-state index in [4.69, 9.17) is 4.52 Å². The fourth-order valence-corrected chi connectivity index (χ4v) is 3.28. The second kappa shape index (κ2) is 5.62. The molecule has 0 saturated carbocycles. The summed E-state index contributed by atoms with van der Waals surface area (Å²) in [5, 5.41) is 4.48. The molecule has 1 atom stereocenters. The summed E-state index contributed by atoms with van der Waals surface area (Å²) in [7, 11) is 0. The van der Waals surface area contributed by atoms with Gasteiger partial charge in [0.05, 0.1) is 23.1 Å². The Balaban J connectivity index is 1.69. The van der Waals surface area contributed by atoms with Crippen LogP contribution in [0.1, 0.15) is 36.0 Å². The Hall–Kier alpha value is -2.47. The summed E-state index contributed by atoms with van der Waals surface area (Å²) < 4.78 is 5.14. The normalized spacial score (nSPS) is 18.7. The van der Waals surface area contributed by atoms with Gasteiger partial charge in [0.1, 0.15) is 11.6 Å². The number of para-hydroxylation sites is 1. The zero-order valence-electron chi connectivity index (χ0n) is 13.0. The highest BCUT2D eigenvalue weighted by atomic mass is 16.5. The van der Waals surface area contributed by atoms with Gasteiger partial charge in [0.25, 0.3) is 5.56 Å². The van der Waals surface area contributed by atoms with Crippen LogP contribution in [0, 0.1) is 6.92 Å². The van der Waals surface area contributed by atoms with Crippen LogP contribution in [-0.4, -0.2) is 26.6 Å². The molecule has 0 amide bonds. The number of likely N-dealkylation sites (tertiary alicyclic amines) is 1. The lowest BCUT2D eigenvalue weighted by molar-refractivity contribution is 0.238. The van der Waals surface area contributed by atoms with Crippen molar-refractivity contribution in [2.24, 2.45) is 0 Å². The average molecular weight is 310 g/mol. The number of nitrogens with one attached hydrogen (secondary N) is 1. The first kappa shape index (κ1) is 14.1. The lowest BCUT2D eigenvalue weighted by Crippen LogP contribution is -2.26. The van der Waals surface area contributed by atoms with Gasteiger partial charge < -0.3 is 9.51 Å². The van der Waals surface area contributed by atoms with Crippen molar-refractivity contribution >= 4 is 10.9 Å². The summed E-state index contributed by atoms with van der Waals surface area (Å²) in [5.41, 5.74) is 1.76. The number of hydrogen-bond donors (Lipinski definition) is 1. The molecule has 3 heterocycles. The molecule has 1 aliphatic heterocycles. The summed E-state index contributed by atoms with van der Waals surface area (Å²) in [6, 6.07) is 7.58. The number of rotatable bonds is 3. The average Bonchev–Trinajstić information content (AvgIpc) is 3.17. The standard InChI is InChI=1S/C17H18N4O2/c1-11-12(9-18-23-11)10-21-8-4-7-15(21)16-19-14-6-3-2-5-13(14)17(22)20-16/h2-3,5-6,9,15H,4,7-8,10H2,1H3,(H,19,20,22). The summed E-state index contributed by atoms with van der Waals surface area (Å²) in [4.78, 5) is 22.3. The minimum atomic E-state index is -0.0707. The molecule has 0 radical (unpaired) electrons. The van der Waals surface area contributed by atoms with E-state index in [9.17, 15) is 4.79 Å². The van der Waals surface area contributed by atoms with Crippen molar-refractivity contribution < 1.29 is 4.52 Å². The van der Waals surface area contributed by atoms with Gasteiger partial charge in [-0.05, 0) is 38.4 Å². The van der Waals surface area contributed by atoms with Crippen molar-refractivity contribution in [1.82, 2.24) is 20.0 Å². The first-order valence-corrected chi connectivity index (χ1v) is 7.85. The quantitative estimate of drug-likeness (QED) is 0.804. The maximum atomic E-state index is 12.3. The van der Waals surface area contributed by atoms with E-state index in [1.165, 1.54) is 0 Å². The number of H-pyrrole nitrogens is 1. The highest BCUT2D eigenvalue weighted by Gasteiger charge is 2.29. The van der Waals surface area contributed by atoms with Gasteiger partial charge in [-0.2, -0.15) is 0 Å². The Morgan fingerprint density at radius 3 is 3.09 bits per heavy atom. The third-order valence-electron chi connectivity index (χ3n) is 4.53. The molecule has 6 heteroatoms. The largest absolute Gasteiger partial charge is 0.361 e. The second-order valence-corrected chi connectivity index (χ2v) is 6.00. The van der Waals surface area contributed by atoms with Crippen LogP contribution in [0.3, 0.4) is 0 Å². The molecule has 2 aromatic heterocycles. The lowest BCUT2D eigenvalue weighted by atomic mass is 10.1. The van der Waals surface area contributed by atoms with Crippen molar-refractivity contribution in [1.29, 1.82) is 0 Å². The zero-order valence-corrected chi connectivity index (χ0v) is 13.0. The van der Waals surface area contributed by atoms with Crippen molar-refractivity contribution in [3.63, 3.8) is 0 Å². The van der Waals surface area contributed by atoms with E-state index in [0.29, 0.717) is 5.39 Å². The monoisotopic (exact) mass is 310 g/mol. The topological polar surface area (TPSA) is 75.0 Å². The van der Waals surface area contributed by atoms with Crippen LogP contribution in [0.5, 0.6) is 0 Å². The van der Waals surface area contributed by atoms with E-state index in [1.807, 2.05) is 25.1 Å². The summed E-state index contributed by atoms with van der Waals surface area (Å²) in [6.45, 7) is 3.66. The van der Waals surface area contributed by atoms with Crippen molar-refractivity contribution in [3.8, 4) is 0 Å². The second-order valence-electron chi connectivity index (χ2n) is 6.00. The third kappa shape index (κ3) is 2.55. The lowest BCUT2D eigenvalue weighted by Gasteiger charge is -2.23. The highest BCUT2D eigenvalue weighted by molar-refractivity contribution is 5.77. The number of aryl methyl sites for hydroxylation is 1. The molecule has 3 aromatic rings. The summed E-state index contributed by atoms with van der Waals surface area (Å²) in [5.74, 6) is 1.59. The molecule has 1 N–H and O–H groups in total. The molecule has 4 rings (SSSR count). The summed E-state index contributed by atoms with van der Waals surface area (Å²) in [6.07, 6.45) is 3.85. The predicted octanol–water partition coefficient (Wildman–Crippen LogP) is 2.56. The van der Waals surface area contributed by atoms with Crippen LogP contribution in [0.25, 0.3) is 10.9 Å². The smallest absolute Gasteiger partial charge is 0.258 e. The Morgan fingerprint density at radius 1 is 1.39 bits per heavy atom. The van der Waals surface area contributed by atoms with Crippen LogP contribution >= 0.6 is 0 Å². The maximum absolute atomic E-state index is 12.3. The van der Waals surface area contributed by atoms with Crippen molar-refractivity contribution in [2.45, 2.75) is 32.4 Å². The summed E-state index contributed by atoms with van der Waals surface area (Å²) >= 11 is 0. The van der Waals surface area contributed by atoms with Crippen LogP contribution in [0.15, 0.2) is 39.8 Å². The number of hydrogen-bond acceptors (Lipinski definition) is 5. The van der Waals surface area contributed by atoms with Gasteiger partial charge in [0.15, 0.2) is 0 Å². The third-order valence-corrected chi connectivity index (χ3v) is 4.53. The fourth-order valence-electron chi connectivity index (χ4n) is 3.28. The van der Waals surface area contributed by atoms with E-state index in [2.05, 4.69) is 20.0 Å². The molecule has 1 saturated heterocycles. The van der Waals surface area contributed by atoms with E-state index in [-0.39, 0.29) is 11.6 Å². The molecule has 118 valence electrons. The van der Waals surface area contributed by atoms with Crippen LogP contribution in [0.2, 0.25) is 0 Å². The first-order chi connectivity index (χ1) is 11.2. The van der Waals surface area contributed by atoms with E-state index < -0.39 is 0 Å². The Bertz CT molecular complexity index is 899. The van der Waals surface area contributed by atoms with Gasteiger partial charge in [-0.3, -0.25) is 9.69 Å². The maximum Gasteiger partial charge on any atom is 0.258 e. The minimum Gasteiger partial charge on any atom is -0.361 e. The number of aromatic nitrogens is 3. The predicted molar refractivity (Wildman–Crippen MR) is 86.0 cm³/mol. The molecule has 1 unspecified atom stereocenters. The van der Waals surface area contributed by atoms with Gasteiger partial charge in [-0.1, -0.05) is 17.3 Å². The molecule has 1 aliphatic rings. The molecule has 6 nitrogen and oxygen atoms in total. The molecular formula is C17H18N4O2. The van der Waals surface area contributed by atoms with E-state index >= 15 is 0 Å². The molecule has 1 fully saturated rings. The molecular weight excluding hydrogens is 292 g/mol. The van der Waals surface area contributed by atoms with Crippen molar-refractivity contribution in [2.75, 3.05) is 6.54 Å². The molecule has 1 aromatic carbocycles. The number of fused-ring (bicyclic) bond motifs is 1. The first-order valence-electron chi connectivity index (χ1n) is 7.85. The van der Waals surface area contributed by atoms with E-state index in [1.54, 1.807) is 12.3 Å². The SMILES string of the molecule is Cc1oncc1CN1CCCC1c1nc2ccccc2c(=O)[nH]1. The van der Waals surface area contributed by atoms with Crippen LogP contribution in [0.4, 0.5) is 0 Å². The molecule has 0 bridgehead atoms. The number of benzene rings is 1. The number of aromatic amines is 1. The Morgan fingerprint density at radius 2 is 2.26 bits per heavy atom. The van der Waals surface area contributed by atoms with Crippen LogP contribution < -0.4 is 5.56 Å². The van der Waals surface area contributed by atoms with Gasteiger partial charge in [0, 0.05) is 12.1 Å². The molecule has 0 spiro atoms. The van der Waals surface area contributed by atoms with Crippen LogP contribution in [-0.2, 0) is 6.54 Å². The number of nitrogens with zero attached hydrogens (tertiary/aromatic N) is 3. The van der Waals surface area contributed by atoms with Gasteiger partial charge >= 0.3 is 0 Å². The van der Waals surface area contributed by atoms with Gasteiger partial charge in [0.2, 0.25) is 0 Å². The highest BCUT2D eigenvalue weighted by Crippen LogP contribution is 2.31. The minimum absolute atomic E-state index is 0.0707. The zero-order chi connectivity index (χ0) is 15.8. The van der Waals surface area contributed by atoms with Crippen molar-refractivity contribution in [3.05, 3.63) is 58.0 Å². The Kier molecular flexibility index (Phi) is 3.46. The van der Waals surface area contributed by atoms with Gasteiger partial charge in [-0.15, -0.1) is 0 Å². The Labute approximate surface area is 133 Å².